The number of hydrogen-bond donors (Lipinski definition) is 0. The van der Waals surface area contributed by atoms with Crippen LogP contribution in [0.3, 0.4) is 0 Å². The van der Waals surface area contributed by atoms with Crippen molar-refractivity contribution in [3.8, 4) is 0 Å². The summed E-state index contributed by atoms with van der Waals surface area (Å²) in [6.45, 7) is 29.9. The second kappa shape index (κ2) is 27.7. The van der Waals surface area contributed by atoms with Gasteiger partial charge in [-0.05, 0) is 34.8 Å². The first kappa shape index (κ1) is 39.6. The molecule has 2 aromatic rings. The minimum atomic E-state index is 0.293. The molecule has 1 aromatic carbocycles. The Hall–Kier alpha value is -1.57. The molecule has 1 heterocycles. The lowest BCUT2D eigenvalue weighted by Gasteiger charge is -2.18. The lowest BCUT2D eigenvalue weighted by atomic mass is 9.87. The van der Waals surface area contributed by atoms with Gasteiger partial charge in [-0.25, -0.2) is 0 Å². The van der Waals surface area contributed by atoms with Gasteiger partial charge in [-0.15, -0.1) is 0 Å². The van der Waals surface area contributed by atoms with Crippen molar-refractivity contribution >= 4 is 0 Å². The summed E-state index contributed by atoms with van der Waals surface area (Å²) in [6, 6.07) is 12.4. The van der Waals surface area contributed by atoms with Crippen molar-refractivity contribution in [3.63, 3.8) is 0 Å². The summed E-state index contributed by atoms with van der Waals surface area (Å²) in [4.78, 5) is 0. The fourth-order valence-corrected chi connectivity index (χ4v) is 2.91. The van der Waals surface area contributed by atoms with E-state index < -0.39 is 0 Å². The number of nitrogens with zero attached hydrogens (tertiary/aromatic N) is 2. The van der Waals surface area contributed by atoms with E-state index in [4.69, 9.17) is 0 Å². The average molecular weight is 477 g/mol. The molecule has 3 rings (SSSR count). The van der Waals surface area contributed by atoms with Crippen LogP contribution in [-0.4, -0.2) is 9.78 Å². The van der Waals surface area contributed by atoms with Gasteiger partial charge in [0, 0.05) is 19.4 Å². The molecule has 2 heteroatoms. The van der Waals surface area contributed by atoms with E-state index in [-0.39, 0.29) is 0 Å². The fraction of sp³-hybridized carbons (Fsp3) is 0.719. The first-order valence-electron chi connectivity index (χ1n) is 14.0. The molecule has 0 unspecified atom stereocenters. The second-order valence-corrected chi connectivity index (χ2v) is 9.82. The first-order chi connectivity index (χ1) is 16.0. The number of benzene rings is 1. The van der Waals surface area contributed by atoms with Crippen LogP contribution in [0.1, 0.15) is 128 Å². The van der Waals surface area contributed by atoms with E-state index in [9.17, 15) is 0 Å². The molecule has 0 saturated heterocycles. The molecule has 202 valence electrons. The van der Waals surface area contributed by atoms with Crippen molar-refractivity contribution in [1.82, 2.24) is 9.78 Å². The Balaban J connectivity index is -0.000000170. The van der Waals surface area contributed by atoms with Gasteiger partial charge in [0.25, 0.3) is 0 Å². The molecule has 0 atom stereocenters. The van der Waals surface area contributed by atoms with Crippen LogP contribution in [0.25, 0.3) is 0 Å². The number of rotatable bonds is 1. The Bertz CT molecular complexity index is 554. The summed E-state index contributed by atoms with van der Waals surface area (Å²) in [5, 5.41) is 3.83. The van der Waals surface area contributed by atoms with E-state index in [0.717, 1.165) is 17.8 Å². The zero-order valence-corrected chi connectivity index (χ0v) is 26.1. The van der Waals surface area contributed by atoms with Gasteiger partial charge in [-0.3, -0.25) is 4.68 Å². The zero-order chi connectivity index (χ0) is 27.6. The molecule has 1 fully saturated rings. The standard InChI is InChI=1S/C10H14.C8H16.C4H6N2.C4H10.3C2H6/c1-10(2,3)9-7-5-4-6-8-9;1-7(2)8-5-3-4-6-8;1-6-4-2-3-5-6;1-4(2)3;3*1-2/h4-8H,1-3H3;7-8H,3-6H2,1-2H3;2-4H,1H3;4H,1-3H3;3*1-2H3. The Morgan fingerprint density at radius 1 is 0.765 bits per heavy atom. The van der Waals surface area contributed by atoms with Gasteiger partial charge in [0.05, 0.1) is 0 Å². The number of aromatic nitrogens is 2. The highest BCUT2D eigenvalue weighted by molar-refractivity contribution is 5.21. The molecule has 1 aliphatic carbocycles. The van der Waals surface area contributed by atoms with Crippen molar-refractivity contribution < 1.29 is 0 Å². The highest BCUT2D eigenvalue weighted by atomic mass is 15.2. The Labute approximate surface area is 217 Å². The van der Waals surface area contributed by atoms with Crippen LogP contribution in [0, 0.1) is 17.8 Å². The van der Waals surface area contributed by atoms with Crippen molar-refractivity contribution in [3.05, 3.63) is 54.4 Å². The number of aryl methyl sites for hydroxylation is 1. The van der Waals surface area contributed by atoms with Gasteiger partial charge in [-0.1, -0.05) is 153 Å². The summed E-state index contributed by atoms with van der Waals surface area (Å²) in [5.74, 6) is 2.84. The first-order valence-corrected chi connectivity index (χ1v) is 14.0. The molecule has 0 N–H and O–H groups in total. The van der Waals surface area contributed by atoms with E-state index in [1.807, 2.05) is 60.9 Å². The Morgan fingerprint density at radius 2 is 1.18 bits per heavy atom. The highest BCUT2D eigenvalue weighted by Gasteiger charge is 2.17. The highest BCUT2D eigenvalue weighted by Crippen LogP contribution is 2.30. The summed E-state index contributed by atoms with van der Waals surface area (Å²) in [6.07, 6.45) is 9.61. The van der Waals surface area contributed by atoms with Gasteiger partial charge in [0.1, 0.15) is 0 Å². The van der Waals surface area contributed by atoms with Gasteiger partial charge < -0.3 is 0 Å². The fourth-order valence-electron chi connectivity index (χ4n) is 2.91. The van der Waals surface area contributed by atoms with Crippen LogP contribution in [-0.2, 0) is 12.5 Å². The molecular weight excluding hydrogens is 412 g/mol. The van der Waals surface area contributed by atoms with Crippen LogP contribution < -0.4 is 0 Å². The molecule has 0 radical (unpaired) electrons. The van der Waals surface area contributed by atoms with Gasteiger partial charge in [0.2, 0.25) is 0 Å². The second-order valence-electron chi connectivity index (χ2n) is 9.82. The summed E-state index contributed by atoms with van der Waals surface area (Å²) in [7, 11) is 1.89. The molecule has 0 amide bonds. The predicted molar refractivity (Wildman–Crippen MR) is 160 cm³/mol. The molecule has 1 aliphatic rings. The van der Waals surface area contributed by atoms with Gasteiger partial charge >= 0.3 is 0 Å². The van der Waals surface area contributed by atoms with Crippen LogP contribution in [0.4, 0.5) is 0 Å². The average Bonchev–Trinajstić information content (AvgIpc) is 3.53. The molecule has 2 nitrogen and oxygen atoms in total. The molecule has 0 bridgehead atoms. The largest absolute Gasteiger partial charge is 0.276 e. The third-order valence-electron chi connectivity index (χ3n) is 4.62. The van der Waals surface area contributed by atoms with Crippen molar-refractivity contribution in [2.75, 3.05) is 0 Å². The van der Waals surface area contributed by atoms with E-state index in [1.54, 1.807) is 10.9 Å². The van der Waals surface area contributed by atoms with E-state index in [2.05, 4.69) is 90.8 Å². The lowest BCUT2D eigenvalue weighted by Crippen LogP contribution is -2.10. The third-order valence-corrected chi connectivity index (χ3v) is 4.62. The predicted octanol–water partition coefficient (Wildman–Crippen LogP) is 11.0. The van der Waals surface area contributed by atoms with E-state index >= 15 is 0 Å². The van der Waals surface area contributed by atoms with E-state index in [0.29, 0.717) is 5.41 Å². The molecule has 1 aromatic heterocycles. The molecule has 1 saturated carbocycles. The van der Waals surface area contributed by atoms with Gasteiger partial charge in [0.15, 0.2) is 0 Å². The zero-order valence-electron chi connectivity index (χ0n) is 26.1. The summed E-state index contributed by atoms with van der Waals surface area (Å²) < 4.78 is 1.75. The van der Waals surface area contributed by atoms with E-state index in [1.165, 1.54) is 31.2 Å². The maximum absolute atomic E-state index is 3.83. The normalized spacial score (nSPS) is 11.9. The van der Waals surface area contributed by atoms with Crippen molar-refractivity contribution in [1.29, 1.82) is 0 Å². The SMILES string of the molecule is CC.CC.CC.CC(C)(C)c1ccccc1.CC(C)C.CC(C)C1CCCC1.Cn1cccn1. The van der Waals surface area contributed by atoms with Crippen LogP contribution >= 0.6 is 0 Å². The monoisotopic (exact) mass is 477 g/mol. The minimum Gasteiger partial charge on any atom is -0.276 e. The Morgan fingerprint density at radius 3 is 1.35 bits per heavy atom. The lowest BCUT2D eigenvalue weighted by molar-refractivity contribution is 0.396. The summed E-state index contributed by atoms with van der Waals surface area (Å²) >= 11 is 0. The number of hydrogen-bond acceptors (Lipinski definition) is 1. The molecule has 0 aliphatic heterocycles. The topological polar surface area (TPSA) is 17.8 Å². The molecule has 0 spiro atoms. The smallest absolute Gasteiger partial charge is 0.0489 e. The maximum Gasteiger partial charge on any atom is 0.0489 e. The molecule has 34 heavy (non-hydrogen) atoms. The third kappa shape index (κ3) is 28.5. The summed E-state index contributed by atoms with van der Waals surface area (Å²) in [5.41, 5.74) is 1.69. The van der Waals surface area contributed by atoms with Crippen LogP contribution in [0.15, 0.2) is 48.8 Å². The molecular formula is C32H64N2. The minimum absolute atomic E-state index is 0.293. The Kier molecular flexibility index (Phi) is 32.3. The van der Waals surface area contributed by atoms with Gasteiger partial charge in [-0.2, -0.15) is 5.10 Å². The van der Waals surface area contributed by atoms with Crippen molar-refractivity contribution in [2.24, 2.45) is 24.8 Å². The quantitative estimate of drug-likeness (QED) is 0.400. The van der Waals surface area contributed by atoms with Crippen molar-refractivity contribution in [2.45, 2.75) is 128 Å². The maximum atomic E-state index is 3.83. The van der Waals surface area contributed by atoms with Crippen LogP contribution in [0.5, 0.6) is 0 Å². The van der Waals surface area contributed by atoms with Crippen LogP contribution in [0.2, 0.25) is 0 Å².